The van der Waals surface area contributed by atoms with E-state index in [4.69, 9.17) is 0 Å². The van der Waals surface area contributed by atoms with Crippen LogP contribution in [0.25, 0.3) is 11.3 Å². The smallest absolute Gasteiger partial charge is 0.253 e. The summed E-state index contributed by atoms with van der Waals surface area (Å²) < 4.78 is 1.78. The number of benzene rings is 1. The van der Waals surface area contributed by atoms with Gasteiger partial charge in [-0.3, -0.25) is 9.59 Å². The molecule has 0 aliphatic heterocycles. The van der Waals surface area contributed by atoms with E-state index in [1.54, 1.807) is 23.0 Å². The summed E-state index contributed by atoms with van der Waals surface area (Å²) in [6.07, 6.45) is 6.01. The third-order valence-corrected chi connectivity index (χ3v) is 5.46. The van der Waals surface area contributed by atoms with Crippen LogP contribution in [0, 0.1) is 6.92 Å². The molecular weight excluding hydrogens is 372 g/mol. The SMILES string of the molecule is Cc1cc(-c2csc(NC(=O)CNC(=O)c3ccn(C)c3)n2)cc(C2CC2)c1. The highest BCUT2D eigenvalue weighted by Crippen LogP contribution is 2.41. The molecule has 1 fully saturated rings. The number of thiazole rings is 1. The van der Waals surface area contributed by atoms with Crippen molar-refractivity contribution in [2.24, 2.45) is 7.05 Å². The molecule has 1 aliphatic carbocycles. The first-order valence-corrected chi connectivity index (χ1v) is 10.1. The monoisotopic (exact) mass is 394 g/mol. The van der Waals surface area contributed by atoms with E-state index in [1.807, 2.05) is 12.4 Å². The number of anilines is 1. The van der Waals surface area contributed by atoms with Gasteiger partial charge in [0.15, 0.2) is 5.13 Å². The van der Waals surface area contributed by atoms with Gasteiger partial charge >= 0.3 is 0 Å². The highest BCUT2D eigenvalue weighted by molar-refractivity contribution is 7.14. The third kappa shape index (κ3) is 4.31. The van der Waals surface area contributed by atoms with Crippen LogP contribution in [0.2, 0.25) is 0 Å². The predicted octanol–water partition coefficient (Wildman–Crippen LogP) is 3.70. The molecule has 0 bridgehead atoms. The second-order valence-corrected chi connectivity index (χ2v) is 8.10. The lowest BCUT2D eigenvalue weighted by atomic mass is 10.0. The van der Waals surface area contributed by atoms with Gasteiger partial charge < -0.3 is 15.2 Å². The fraction of sp³-hybridized carbons (Fsp3) is 0.286. The summed E-state index contributed by atoms with van der Waals surface area (Å²) in [5, 5.41) is 7.85. The van der Waals surface area contributed by atoms with Gasteiger partial charge in [-0.15, -0.1) is 11.3 Å². The maximum atomic E-state index is 12.1. The Morgan fingerprint density at radius 2 is 2.11 bits per heavy atom. The molecule has 2 heterocycles. The van der Waals surface area contributed by atoms with Crippen LogP contribution in [0.3, 0.4) is 0 Å². The average Bonchev–Trinajstić information content (AvgIpc) is 3.27. The number of carbonyl (C=O) groups excluding carboxylic acids is 2. The van der Waals surface area contributed by atoms with Crippen molar-refractivity contribution in [3.8, 4) is 11.3 Å². The molecule has 7 heteroatoms. The largest absolute Gasteiger partial charge is 0.356 e. The molecule has 2 N–H and O–H groups in total. The Morgan fingerprint density at radius 3 is 2.82 bits per heavy atom. The van der Waals surface area contributed by atoms with E-state index in [-0.39, 0.29) is 18.4 Å². The van der Waals surface area contributed by atoms with Crippen LogP contribution in [0.15, 0.2) is 42.0 Å². The van der Waals surface area contributed by atoms with E-state index in [2.05, 4.69) is 40.7 Å². The van der Waals surface area contributed by atoms with Gasteiger partial charge in [0.25, 0.3) is 5.91 Å². The summed E-state index contributed by atoms with van der Waals surface area (Å²) in [6.45, 7) is 2.00. The molecule has 2 aromatic heterocycles. The molecule has 0 radical (unpaired) electrons. The summed E-state index contributed by atoms with van der Waals surface area (Å²) in [4.78, 5) is 28.7. The second kappa shape index (κ2) is 7.59. The molecule has 28 heavy (non-hydrogen) atoms. The molecular formula is C21H22N4O2S. The highest BCUT2D eigenvalue weighted by atomic mass is 32.1. The fourth-order valence-electron chi connectivity index (χ4n) is 3.14. The number of hydrogen-bond acceptors (Lipinski definition) is 4. The molecule has 3 aromatic rings. The van der Waals surface area contributed by atoms with E-state index < -0.39 is 0 Å². The topological polar surface area (TPSA) is 76.0 Å². The van der Waals surface area contributed by atoms with Crippen LogP contribution in [0.5, 0.6) is 0 Å². The lowest BCUT2D eigenvalue weighted by Crippen LogP contribution is -2.32. The molecule has 0 atom stereocenters. The first-order chi connectivity index (χ1) is 13.5. The minimum Gasteiger partial charge on any atom is -0.356 e. The van der Waals surface area contributed by atoms with Crippen LogP contribution >= 0.6 is 11.3 Å². The molecule has 0 unspecified atom stereocenters. The van der Waals surface area contributed by atoms with Crippen LogP contribution in [-0.2, 0) is 11.8 Å². The van der Waals surface area contributed by atoms with Crippen molar-refractivity contribution in [2.45, 2.75) is 25.7 Å². The van der Waals surface area contributed by atoms with Crippen LogP contribution in [0.1, 0.15) is 40.2 Å². The molecule has 1 aliphatic rings. The maximum absolute atomic E-state index is 12.1. The molecule has 6 nitrogen and oxygen atoms in total. The summed E-state index contributed by atoms with van der Waals surface area (Å²) in [5.74, 6) is 0.112. The summed E-state index contributed by atoms with van der Waals surface area (Å²) in [5.41, 5.74) is 5.06. The van der Waals surface area contributed by atoms with Gasteiger partial charge in [-0.25, -0.2) is 4.98 Å². The fourth-order valence-corrected chi connectivity index (χ4v) is 3.88. The van der Waals surface area contributed by atoms with Crippen LogP contribution in [0.4, 0.5) is 5.13 Å². The number of hydrogen-bond donors (Lipinski definition) is 2. The first kappa shape index (κ1) is 18.4. The zero-order chi connectivity index (χ0) is 19.7. The zero-order valence-electron chi connectivity index (χ0n) is 15.9. The van der Waals surface area contributed by atoms with Gasteiger partial charge in [0.05, 0.1) is 17.8 Å². The van der Waals surface area contributed by atoms with Gasteiger partial charge in [-0.05, 0) is 49.4 Å². The first-order valence-electron chi connectivity index (χ1n) is 9.25. The van der Waals surface area contributed by atoms with Crippen molar-refractivity contribution in [3.05, 3.63) is 58.7 Å². The number of amides is 2. The number of aromatic nitrogens is 2. The van der Waals surface area contributed by atoms with Gasteiger partial charge in [-0.1, -0.05) is 11.6 Å². The number of nitrogens with one attached hydrogen (secondary N) is 2. The van der Waals surface area contributed by atoms with Crippen molar-refractivity contribution < 1.29 is 9.59 Å². The van der Waals surface area contributed by atoms with E-state index in [0.29, 0.717) is 16.6 Å². The minimum atomic E-state index is -0.298. The Labute approximate surface area is 167 Å². The highest BCUT2D eigenvalue weighted by Gasteiger charge is 2.24. The van der Waals surface area contributed by atoms with E-state index in [9.17, 15) is 9.59 Å². The lowest BCUT2D eigenvalue weighted by molar-refractivity contribution is -0.115. The second-order valence-electron chi connectivity index (χ2n) is 7.24. The normalized spacial score (nSPS) is 13.4. The summed E-state index contributed by atoms with van der Waals surface area (Å²) in [7, 11) is 1.84. The van der Waals surface area contributed by atoms with Gasteiger partial charge in [0.2, 0.25) is 5.91 Å². The van der Waals surface area contributed by atoms with Gasteiger partial charge in [-0.2, -0.15) is 0 Å². The van der Waals surface area contributed by atoms with E-state index in [0.717, 1.165) is 11.3 Å². The predicted molar refractivity (Wildman–Crippen MR) is 111 cm³/mol. The standard InChI is InChI=1S/C21H22N4O2S/c1-13-7-16(14-3-4-14)9-17(8-13)18-12-28-21(23-18)24-19(26)10-22-20(27)15-5-6-25(2)11-15/h5-9,11-12,14H,3-4,10H2,1-2H3,(H,22,27)(H,23,24,26). The Balaban J connectivity index is 1.37. The Hall–Kier alpha value is -2.93. The number of carbonyl (C=O) groups is 2. The van der Waals surface area contributed by atoms with Gasteiger partial charge in [0.1, 0.15) is 0 Å². The molecule has 1 aromatic carbocycles. The lowest BCUT2D eigenvalue weighted by Gasteiger charge is -2.05. The van der Waals surface area contributed by atoms with Crippen molar-refractivity contribution in [1.29, 1.82) is 0 Å². The molecule has 0 saturated heterocycles. The summed E-state index contributed by atoms with van der Waals surface area (Å²) >= 11 is 1.38. The van der Waals surface area contributed by atoms with Crippen molar-refractivity contribution >= 4 is 28.3 Å². The van der Waals surface area contributed by atoms with Crippen molar-refractivity contribution in [2.75, 3.05) is 11.9 Å². The van der Waals surface area contributed by atoms with Crippen LogP contribution < -0.4 is 10.6 Å². The maximum Gasteiger partial charge on any atom is 0.253 e. The number of aryl methyl sites for hydroxylation is 2. The zero-order valence-corrected chi connectivity index (χ0v) is 16.7. The quantitative estimate of drug-likeness (QED) is 0.669. The number of nitrogens with zero attached hydrogens (tertiary/aromatic N) is 2. The van der Waals surface area contributed by atoms with Crippen molar-refractivity contribution in [3.63, 3.8) is 0 Å². The Kier molecular flexibility index (Phi) is 5.00. The van der Waals surface area contributed by atoms with Crippen LogP contribution in [-0.4, -0.2) is 27.9 Å². The Bertz CT molecular complexity index is 1030. The molecule has 4 rings (SSSR count). The molecule has 144 valence electrons. The Morgan fingerprint density at radius 1 is 1.29 bits per heavy atom. The average molecular weight is 395 g/mol. The van der Waals surface area contributed by atoms with Gasteiger partial charge in [0, 0.05) is 30.4 Å². The van der Waals surface area contributed by atoms with Crippen molar-refractivity contribution in [1.82, 2.24) is 14.9 Å². The summed E-state index contributed by atoms with van der Waals surface area (Å²) in [6, 6.07) is 8.27. The third-order valence-electron chi connectivity index (χ3n) is 4.70. The molecule has 0 spiro atoms. The minimum absolute atomic E-state index is 0.0983. The van der Waals surface area contributed by atoms with E-state index >= 15 is 0 Å². The van der Waals surface area contributed by atoms with E-state index in [1.165, 1.54) is 35.3 Å². The molecule has 2 amide bonds. The number of rotatable bonds is 6. The molecule has 1 saturated carbocycles.